The molecule has 1 saturated carbocycles. The summed E-state index contributed by atoms with van der Waals surface area (Å²) < 4.78 is 0. The highest BCUT2D eigenvalue weighted by molar-refractivity contribution is 5.99. The van der Waals surface area contributed by atoms with E-state index in [-0.39, 0.29) is 12.1 Å². The Labute approximate surface area is 156 Å². The Morgan fingerprint density at radius 3 is 2.54 bits per heavy atom. The summed E-state index contributed by atoms with van der Waals surface area (Å²) in [5.41, 5.74) is 3.23. The number of hydrogen-bond acceptors (Lipinski definition) is 2. The van der Waals surface area contributed by atoms with Crippen LogP contribution in [0.5, 0.6) is 0 Å². The van der Waals surface area contributed by atoms with Crippen molar-refractivity contribution in [2.45, 2.75) is 51.9 Å². The molecule has 0 spiro atoms. The van der Waals surface area contributed by atoms with Crippen molar-refractivity contribution in [3.05, 3.63) is 71.3 Å². The largest absolute Gasteiger partial charge is 0.316 e. The molecule has 0 saturated heterocycles. The van der Waals surface area contributed by atoms with Crippen molar-refractivity contribution in [3.8, 4) is 0 Å². The SMILES string of the molecule is CC1CCCC(N2C(=O)c3ccccc3C2NCc2ccccc2)C1C. The van der Waals surface area contributed by atoms with E-state index in [4.69, 9.17) is 0 Å². The summed E-state index contributed by atoms with van der Waals surface area (Å²) in [6.07, 6.45) is 3.56. The van der Waals surface area contributed by atoms with Crippen molar-refractivity contribution in [2.24, 2.45) is 11.8 Å². The van der Waals surface area contributed by atoms with Crippen LogP contribution in [0.3, 0.4) is 0 Å². The molecule has 1 aliphatic heterocycles. The van der Waals surface area contributed by atoms with Crippen LogP contribution in [0.15, 0.2) is 54.6 Å². The van der Waals surface area contributed by atoms with E-state index in [0.717, 1.165) is 24.1 Å². The predicted octanol–water partition coefficient (Wildman–Crippen LogP) is 4.76. The van der Waals surface area contributed by atoms with Crippen LogP contribution in [0.25, 0.3) is 0 Å². The topological polar surface area (TPSA) is 32.3 Å². The second-order valence-electron chi connectivity index (χ2n) is 7.90. The smallest absolute Gasteiger partial charge is 0.256 e. The quantitative estimate of drug-likeness (QED) is 0.864. The standard InChI is InChI=1S/C23H28N2O/c1-16-9-8-14-21(17(16)2)25-22(24-15-18-10-4-3-5-11-18)19-12-6-7-13-20(19)23(25)26/h3-7,10-13,16-17,21-22,24H,8-9,14-15H2,1-2H3. The minimum absolute atomic E-state index is 0.0309. The minimum atomic E-state index is -0.0309. The molecule has 2 aromatic rings. The minimum Gasteiger partial charge on any atom is -0.316 e. The second-order valence-corrected chi connectivity index (χ2v) is 7.90. The monoisotopic (exact) mass is 348 g/mol. The highest BCUT2D eigenvalue weighted by atomic mass is 16.2. The van der Waals surface area contributed by atoms with E-state index in [9.17, 15) is 4.79 Å². The van der Waals surface area contributed by atoms with Crippen molar-refractivity contribution >= 4 is 5.91 Å². The molecule has 1 fully saturated rings. The molecule has 0 bridgehead atoms. The van der Waals surface area contributed by atoms with Gasteiger partial charge in [-0.3, -0.25) is 10.1 Å². The van der Waals surface area contributed by atoms with Crippen molar-refractivity contribution in [1.29, 1.82) is 0 Å². The van der Waals surface area contributed by atoms with Crippen molar-refractivity contribution in [2.75, 3.05) is 0 Å². The zero-order valence-corrected chi connectivity index (χ0v) is 15.7. The summed E-state index contributed by atoms with van der Waals surface area (Å²) in [4.78, 5) is 15.4. The summed E-state index contributed by atoms with van der Waals surface area (Å²) in [5, 5.41) is 3.67. The number of carbonyl (C=O) groups is 1. The lowest BCUT2D eigenvalue weighted by molar-refractivity contribution is 0.0317. The molecule has 136 valence electrons. The number of rotatable bonds is 4. The lowest BCUT2D eigenvalue weighted by Gasteiger charge is -2.42. The van der Waals surface area contributed by atoms with Crippen molar-refractivity contribution < 1.29 is 4.79 Å². The summed E-state index contributed by atoms with van der Waals surface area (Å²) >= 11 is 0. The molecule has 0 radical (unpaired) electrons. The molecule has 2 aliphatic rings. The van der Waals surface area contributed by atoms with Gasteiger partial charge in [0, 0.05) is 23.7 Å². The number of fused-ring (bicyclic) bond motifs is 1. The van der Waals surface area contributed by atoms with Crippen LogP contribution in [0.4, 0.5) is 0 Å². The molecule has 2 aromatic carbocycles. The van der Waals surface area contributed by atoms with Crippen LogP contribution in [-0.4, -0.2) is 16.8 Å². The Kier molecular flexibility index (Phi) is 4.82. The summed E-state index contributed by atoms with van der Waals surface area (Å²) in [6.45, 7) is 5.41. The van der Waals surface area contributed by atoms with E-state index < -0.39 is 0 Å². The Bertz CT molecular complexity index is 773. The normalized spacial score (nSPS) is 28.2. The maximum Gasteiger partial charge on any atom is 0.256 e. The second kappa shape index (κ2) is 7.24. The van der Waals surface area contributed by atoms with Gasteiger partial charge in [-0.05, 0) is 29.9 Å². The Balaban J connectivity index is 1.63. The number of benzene rings is 2. The first-order chi connectivity index (χ1) is 12.7. The molecule has 4 atom stereocenters. The first kappa shape index (κ1) is 17.3. The fourth-order valence-corrected chi connectivity index (χ4v) is 4.64. The van der Waals surface area contributed by atoms with Gasteiger partial charge in [0.15, 0.2) is 0 Å². The van der Waals surface area contributed by atoms with E-state index >= 15 is 0 Å². The van der Waals surface area contributed by atoms with Gasteiger partial charge in [0.25, 0.3) is 5.91 Å². The van der Waals surface area contributed by atoms with Gasteiger partial charge in [-0.2, -0.15) is 0 Å². The maximum atomic E-state index is 13.3. The first-order valence-corrected chi connectivity index (χ1v) is 9.85. The van der Waals surface area contributed by atoms with Gasteiger partial charge in [-0.1, -0.05) is 75.2 Å². The molecule has 1 amide bonds. The van der Waals surface area contributed by atoms with Gasteiger partial charge in [-0.15, -0.1) is 0 Å². The molecule has 1 heterocycles. The number of carbonyl (C=O) groups excluding carboxylic acids is 1. The van der Waals surface area contributed by atoms with Gasteiger partial charge in [0.2, 0.25) is 0 Å². The van der Waals surface area contributed by atoms with E-state index in [0.29, 0.717) is 17.9 Å². The van der Waals surface area contributed by atoms with Gasteiger partial charge >= 0.3 is 0 Å². The third-order valence-corrected chi connectivity index (χ3v) is 6.36. The average Bonchev–Trinajstić information content (AvgIpc) is 2.95. The third-order valence-electron chi connectivity index (χ3n) is 6.36. The number of hydrogen-bond donors (Lipinski definition) is 1. The van der Waals surface area contributed by atoms with E-state index in [1.807, 2.05) is 24.3 Å². The number of nitrogens with zero attached hydrogens (tertiary/aromatic N) is 1. The molecular weight excluding hydrogens is 320 g/mol. The molecular formula is C23H28N2O. The molecule has 0 aromatic heterocycles. The lowest BCUT2D eigenvalue weighted by atomic mass is 9.77. The average molecular weight is 348 g/mol. The van der Waals surface area contributed by atoms with Gasteiger partial charge in [-0.25, -0.2) is 0 Å². The summed E-state index contributed by atoms with van der Waals surface area (Å²) in [5.74, 6) is 1.39. The Morgan fingerprint density at radius 2 is 1.73 bits per heavy atom. The zero-order valence-electron chi connectivity index (χ0n) is 15.7. The fraction of sp³-hybridized carbons (Fsp3) is 0.435. The lowest BCUT2D eigenvalue weighted by Crippen LogP contribution is -2.49. The van der Waals surface area contributed by atoms with Crippen molar-refractivity contribution in [3.63, 3.8) is 0 Å². The Morgan fingerprint density at radius 1 is 1.00 bits per heavy atom. The van der Waals surface area contributed by atoms with E-state index in [1.165, 1.54) is 18.4 Å². The molecule has 4 rings (SSSR count). The third kappa shape index (κ3) is 3.05. The van der Waals surface area contributed by atoms with E-state index in [1.54, 1.807) is 0 Å². The maximum absolute atomic E-state index is 13.3. The fourth-order valence-electron chi connectivity index (χ4n) is 4.64. The highest BCUT2D eigenvalue weighted by Gasteiger charge is 2.43. The molecule has 4 unspecified atom stereocenters. The van der Waals surface area contributed by atoms with Crippen LogP contribution < -0.4 is 5.32 Å². The summed E-state index contributed by atoms with van der Waals surface area (Å²) in [7, 11) is 0. The van der Waals surface area contributed by atoms with Crippen molar-refractivity contribution in [1.82, 2.24) is 10.2 Å². The molecule has 3 nitrogen and oxygen atoms in total. The number of nitrogens with one attached hydrogen (secondary N) is 1. The molecule has 3 heteroatoms. The van der Waals surface area contributed by atoms with Crippen LogP contribution >= 0.6 is 0 Å². The van der Waals surface area contributed by atoms with Crippen LogP contribution in [0.1, 0.15) is 60.8 Å². The zero-order chi connectivity index (χ0) is 18.1. The van der Waals surface area contributed by atoms with Crippen LogP contribution in [0.2, 0.25) is 0 Å². The van der Waals surface area contributed by atoms with Crippen LogP contribution in [0, 0.1) is 11.8 Å². The van der Waals surface area contributed by atoms with Crippen LogP contribution in [-0.2, 0) is 6.54 Å². The molecule has 1 aliphatic carbocycles. The predicted molar refractivity (Wildman–Crippen MR) is 105 cm³/mol. The Hall–Kier alpha value is -2.13. The van der Waals surface area contributed by atoms with E-state index in [2.05, 4.69) is 54.4 Å². The van der Waals surface area contributed by atoms with Gasteiger partial charge in [0.05, 0.1) is 0 Å². The van der Waals surface area contributed by atoms with Gasteiger partial charge < -0.3 is 4.90 Å². The highest BCUT2D eigenvalue weighted by Crippen LogP contribution is 2.41. The number of amides is 1. The van der Waals surface area contributed by atoms with Gasteiger partial charge in [0.1, 0.15) is 6.17 Å². The molecule has 1 N–H and O–H groups in total. The molecule has 26 heavy (non-hydrogen) atoms. The first-order valence-electron chi connectivity index (χ1n) is 9.85. The summed E-state index contributed by atoms with van der Waals surface area (Å²) in [6, 6.07) is 18.8.